The number of nitrogens with one attached hydrogen (secondary N) is 1. The Bertz CT molecular complexity index is 1530. The van der Waals surface area contributed by atoms with Crippen LogP contribution in [-0.2, 0) is 11.2 Å². The highest BCUT2D eigenvalue weighted by Gasteiger charge is 2.47. The smallest absolute Gasteiger partial charge is 0.271 e. The molecule has 9 heteroatoms. The molecule has 0 unspecified atom stereocenters. The molecule has 1 N–H and O–H groups in total. The summed E-state index contributed by atoms with van der Waals surface area (Å²) in [5.74, 6) is -4.40. The molecular weight excluding hydrogens is 494 g/mol. The van der Waals surface area contributed by atoms with Gasteiger partial charge in [0.1, 0.15) is 11.7 Å². The third-order valence-electron chi connectivity index (χ3n) is 6.34. The quantitative estimate of drug-likeness (QED) is 0.389. The van der Waals surface area contributed by atoms with Crippen LogP contribution >= 0.6 is 11.3 Å². The Hall–Kier alpha value is -4.16. The minimum atomic E-state index is -3.10. The number of rotatable bonds is 6. The summed E-state index contributed by atoms with van der Waals surface area (Å²) < 4.78 is 27.2. The van der Waals surface area contributed by atoms with E-state index in [4.69, 9.17) is 5.26 Å². The number of nitriles is 1. The Morgan fingerprint density at radius 3 is 2.68 bits per heavy atom. The molecule has 2 heterocycles. The number of aromatic nitrogens is 1. The van der Waals surface area contributed by atoms with E-state index in [0.29, 0.717) is 6.42 Å². The van der Waals surface area contributed by atoms with Crippen molar-refractivity contribution >= 4 is 33.9 Å². The summed E-state index contributed by atoms with van der Waals surface area (Å²) in [6.45, 7) is -1.30. The van der Waals surface area contributed by atoms with Crippen LogP contribution in [0.1, 0.15) is 27.5 Å². The Balaban J connectivity index is 1.26. The first-order chi connectivity index (χ1) is 17.8. The van der Waals surface area contributed by atoms with Gasteiger partial charge >= 0.3 is 0 Å². The van der Waals surface area contributed by atoms with Gasteiger partial charge in [0.25, 0.3) is 11.8 Å². The second-order valence-electron chi connectivity index (χ2n) is 8.93. The first-order valence-corrected chi connectivity index (χ1v) is 12.6. The summed E-state index contributed by atoms with van der Waals surface area (Å²) >= 11 is 1.33. The van der Waals surface area contributed by atoms with Crippen LogP contribution in [0.15, 0.2) is 72.1 Å². The zero-order chi connectivity index (χ0) is 26.0. The molecule has 2 amide bonds. The SMILES string of the molecule is N#C[C@@H]1CC(F)(F)CN1C(=O)CNC(=O)c1csc(Cc2ccccc2-c2ccc3ccccc3c2)n1. The maximum Gasteiger partial charge on any atom is 0.271 e. The van der Waals surface area contributed by atoms with Crippen molar-refractivity contribution in [3.63, 3.8) is 0 Å². The van der Waals surface area contributed by atoms with Gasteiger partial charge in [-0.2, -0.15) is 5.26 Å². The fraction of sp³-hybridized carbons (Fsp3) is 0.214. The topological polar surface area (TPSA) is 86.1 Å². The maximum atomic E-state index is 13.6. The minimum absolute atomic E-state index is 0.152. The molecule has 1 aliphatic rings. The fourth-order valence-corrected chi connectivity index (χ4v) is 5.31. The van der Waals surface area contributed by atoms with E-state index in [-0.39, 0.29) is 5.69 Å². The molecule has 0 aliphatic carbocycles. The van der Waals surface area contributed by atoms with Crippen molar-refractivity contribution < 1.29 is 18.4 Å². The van der Waals surface area contributed by atoms with Gasteiger partial charge in [-0.1, -0.05) is 60.7 Å². The van der Waals surface area contributed by atoms with Crippen LogP contribution in [0, 0.1) is 11.3 Å². The third-order valence-corrected chi connectivity index (χ3v) is 7.19. The molecule has 4 aromatic rings. The summed E-state index contributed by atoms with van der Waals surface area (Å²) in [5, 5.41) is 16.2. The number of alkyl halides is 2. The summed E-state index contributed by atoms with van der Waals surface area (Å²) in [5.41, 5.74) is 3.38. The van der Waals surface area contributed by atoms with Crippen LogP contribution in [0.25, 0.3) is 21.9 Å². The number of fused-ring (bicyclic) bond motifs is 1. The number of benzene rings is 3. The van der Waals surface area contributed by atoms with Crippen molar-refractivity contribution in [2.45, 2.75) is 24.8 Å². The lowest BCUT2D eigenvalue weighted by Gasteiger charge is -2.19. The van der Waals surface area contributed by atoms with Gasteiger partial charge in [0, 0.05) is 18.2 Å². The highest BCUT2D eigenvalue weighted by atomic mass is 32.1. The number of nitrogens with zero attached hydrogens (tertiary/aromatic N) is 3. The van der Waals surface area contributed by atoms with E-state index in [0.717, 1.165) is 32.0 Å². The van der Waals surface area contributed by atoms with Crippen molar-refractivity contribution in [3.8, 4) is 17.2 Å². The number of carbonyl (C=O) groups excluding carboxylic acids is 2. The van der Waals surface area contributed by atoms with Crippen molar-refractivity contribution in [1.29, 1.82) is 5.26 Å². The van der Waals surface area contributed by atoms with Crippen molar-refractivity contribution in [3.05, 3.63) is 88.4 Å². The standard InChI is InChI=1S/C28H22F2N4O2S/c29-28(30)13-22(14-31)34(17-28)26(35)15-32-27(36)24-16-37-25(33-24)12-20-7-3-4-8-23(20)21-10-9-18-5-1-2-6-19(18)11-21/h1-11,16,22H,12-13,15,17H2,(H,32,36)/t22-/m0/s1. The van der Waals surface area contributed by atoms with E-state index in [1.807, 2.05) is 30.3 Å². The molecule has 0 saturated carbocycles. The fourth-order valence-electron chi connectivity index (χ4n) is 4.51. The lowest BCUT2D eigenvalue weighted by atomic mass is 9.96. The number of hydrogen-bond acceptors (Lipinski definition) is 5. The Morgan fingerprint density at radius 2 is 1.86 bits per heavy atom. The molecule has 1 atom stereocenters. The Labute approximate surface area is 216 Å². The van der Waals surface area contributed by atoms with Crippen LogP contribution in [-0.4, -0.2) is 46.8 Å². The average molecular weight is 517 g/mol. The second kappa shape index (κ2) is 10.1. The van der Waals surface area contributed by atoms with Gasteiger partial charge in [-0.3, -0.25) is 9.59 Å². The zero-order valence-corrected chi connectivity index (χ0v) is 20.5. The highest BCUT2D eigenvalue weighted by molar-refractivity contribution is 7.09. The summed E-state index contributed by atoms with van der Waals surface area (Å²) in [6.07, 6.45) is -0.175. The normalized spacial score (nSPS) is 16.5. The predicted octanol–water partition coefficient (Wildman–Crippen LogP) is 5.04. The van der Waals surface area contributed by atoms with Gasteiger partial charge in [-0.25, -0.2) is 13.8 Å². The zero-order valence-electron chi connectivity index (χ0n) is 19.7. The largest absolute Gasteiger partial charge is 0.342 e. The molecule has 0 spiro atoms. The molecule has 1 aromatic heterocycles. The van der Waals surface area contributed by atoms with Crippen molar-refractivity contribution in [1.82, 2.24) is 15.2 Å². The van der Waals surface area contributed by atoms with E-state index < -0.39 is 43.3 Å². The Morgan fingerprint density at radius 1 is 1.11 bits per heavy atom. The minimum Gasteiger partial charge on any atom is -0.342 e. The number of likely N-dealkylation sites (tertiary alicyclic amines) is 1. The van der Waals surface area contributed by atoms with E-state index in [2.05, 4.69) is 46.7 Å². The summed E-state index contributed by atoms with van der Waals surface area (Å²) in [7, 11) is 0. The molecule has 0 radical (unpaired) electrons. The van der Waals surface area contributed by atoms with Crippen LogP contribution in [0.3, 0.4) is 0 Å². The average Bonchev–Trinajstić information content (AvgIpc) is 3.50. The van der Waals surface area contributed by atoms with Crippen LogP contribution in [0.5, 0.6) is 0 Å². The predicted molar refractivity (Wildman–Crippen MR) is 137 cm³/mol. The maximum absolute atomic E-state index is 13.6. The number of hydrogen-bond donors (Lipinski definition) is 1. The van der Waals surface area contributed by atoms with Gasteiger partial charge in [-0.05, 0) is 33.5 Å². The Kier molecular flexibility index (Phi) is 6.68. The van der Waals surface area contributed by atoms with Gasteiger partial charge in [0.15, 0.2) is 0 Å². The molecule has 37 heavy (non-hydrogen) atoms. The van der Waals surface area contributed by atoms with E-state index in [1.165, 1.54) is 16.7 Å². The lowest BCUT2D eigenvalue weighted by Crippen LogP contribution is -2.43. The van der Waals surface area contributed by atoms with Gasteiger partial charge in [0.05, 0.1) is 24.2 Å². The third kappa shape index (κ3) is 5.34. The molecule has 1 fully saturated rings. The van der Waals surface area contributed by atoms with Gasteiger partial charge in [0.2, 0.25) is 5.91 Å². The van der Waals surface area contributed by atoms with Crippen LogP contribution in [0.4, 0.5) is 8.78 Å². The summed E-state index contributed by atoms with van der Waals surface area (Å²) in [4.78, 5) is 30.2. The van der Waals surface area contributed by atoms with E-state index >= 15 is 0 Å². The lowest BCUT2D eigenvalue weighted by molar-refractivity contribution is -0.131. The van der Waals surface area contributed by atoms with Gasteiger partial charge < -0.3 is 10.2 Å². The van der Waals surface area contributed by atoms with E-state index in [9.17, 15) is 18.4 Å². The first-order valence-electron chi connectivity index (χ1n) is 11.7. The van der Waals surface area contributed by atoms with Crippen molar-refractivity contribution in [2.24, 2.45) is 0 Å². The molecule has 3 aromatic carbocycles. The molecule has 5 rings (SSSR count). The number of halogens is 2. The monoisotopic (exact) mass is 516 g/mol. The molecule has 186 valence electrons. The molecule has 1 saturated heterocycles. The molecule has 1 aliphatic heterocycles. The molecular formula is C28H22F2N4O2S. The van der Waals surface area contributed by atoms with Crippen LogP contribution in [0.2, 0.25) is 0 Å². The summed E-state index contributed by atoms with van der Waals surface area (Å²) in [6, 6.07) is 23.1. The number of thiazole rings is 1. The van der Waals surface area contributed by atoms with Crippen molar-refractivity contribution in [2.75, 3.05) is 13.1 Å². The first kappa shape index (κ1) is 24.5. The van der Waals surface area contributed by atoms with Crippen LogP contribution < -0.4 is 5.32 Å². The number of amides is 2. The molecule has 0 bridgehead atoms. The van der Waals surface area contributed by atoms with Gasteiger partial charge in [-0.15, -0.1) is 11.3 Å². The second-order valence-corrected chi connectivity index (χ2v) is 9.87. The molecule has 6 nitrogen and oxygen atoms in total. The highest BCUT2D eigenvalue weighted by Crippen LogP contribution is 2.32. The number of carbonyl (C=O) groups is 2. The van der Waals surface area contributed by atoms with E-state index in [1.54, 1.807) is 11.4 Å².